The van der Waals surface area contributed by atoms with Gasteiger partial charge in [-0.05, 0) is 48.6 Å². The first kappa shape index (κ1) is 22.6. The molecule has 2 aromatic carbocycles. The minimum Gasteiger partial charge on any atom is -0.349 e. The average Bonchev–Trinajstić information content (AvgIpc) is 3.21. The van der Waals surface area contributed by atoms with Crippen molar-refractivity contribution in [3.63, 3.8) is 0 Å². The third-order valence-corrected chi connectivity index (χ3v) is 6.83. The van der Waals surface area contributed by atoms with Gasteiger partial charge in [0.15, 0.2) is 5.16 Å². The summed E-state index contributed by atoms with van der Waals surface area (Å²) < 4.78 is 2.16. The molecule has 1 amide bonds. The number of carbonyl (C=O) groups is 1. The van der Waals surface area contributed by atoms with Gasteiger partial charge in [0.1, 0.15) is 5.82 Å². The van der Waals surface area contributed by atoms with Crippen molar-refractivity contribution in [3.05, 3.63) is 71.5 Å². The standard InChI is InChI=1S/C26H32N4OS/c1-19(2)17-24-28-29-26(30(24)23-11-7-4-8-12-23)32-18-20-13-15-21(16-14-20)25(31)27-22-9-5-3-6-10-22/h4,7-8,11-16,19,22H,3,5-6,9-10,17-18H2,1-2H3,(H,27,31). The fourth-order valence-corrected chi connectivity index (χ4v) is 5.07. The fraction of sp³-hybridized carbons (Fsp3) is 0.423. The Kier molecular flexibility index (Phi) is 7.63. The van der Waals surface area contributed by atoms with Crippen LogP contribution in [0.1, 0.15) is 67.7 Å². The summed E-state index contributed by atoms with van der Waals surface area (Å²) in [6.07, 6.45) is 6.80. The predicted molar refractivity (Wildman–Crippen MR) is 130 cm³/mol. The first-order valence-corrected chi connectivity index (χ1v) is 12.6. The molecular weight excluding hydrogens is 416 g/mol. The molecule has 3 aromatic rings. The molecule has 4 rings (SSSR count). The smallest absolute Gasteiger partial charge is 0.251 e. The van der Waals surface area contributed by atoms with Gasteiger partial charge in [0.2, 0.25) is 0 Å². The number of aromatic nitrogens is 3. The summed E-state index contributed by atoms with van der Waals surface area (Å²) in [6, 6.07) is 18.6. The molecule has 168 valence electrons. The molecule has 32 heavy (non-hydrogen) atoms. The Hall–Kier alpha value is -2.60. The van der Waals surface area contributed by atoms with Gasteiger partial charge in [0.25, 0.3) is 5.91 Å². The SMILES string of the molecule is CC(C)Cc1nnc(SCc2ccc(C(=O)NC3CCCCC3)cc2)n1-c1ccccc1. The van der Waals surface area contributed by atoms with E-state index in [1.807, 2.05) is 42.5 Å². The number of para-hydroxylation sites is 1. The first-order chi connectivity index (χ1) is 15.6. The van der Waals surface area contributed by atoms with Crippen molar-refractivity contribution in [1.29, 1.82) is 0 Å². The third kappa shape index (κ3) is 5.80. The van der Waals surface area contributed by atoms with E-state index in [9.17, 15) is 4.79 Å². The van der Waals surface area contributed by atoms with E-state index in [-0.39, 0.29) is 5.91 Å². The van der Waals surface area contributed by atoms with Crippen molar-refractivity contribution in [2.75, 3.05) is 0 Å². The van der Waals surface area contributed by atoms with Crippen LogP contribution in [0.3, 0.4) is 0 Å². The average molecular weight is 449 g/mol. The molecule has 0 unspecified atom stereocenters. The van der Waals surface area contributed by atoms with Crippen LogP contribution in [0.15, 0.2) is 59.8 Å². The molecule has 1 fully saturated rings. The van der Waals surface area contributed by atoms with Crippen molar-refractivity contribution in [2.24, 2.45) is 5.92 Å². The Bertz CT molecular complexity index is 1010. The van der Waals surface area contributed by atoms with Gasteiger partial charge in [-0.15, -0.1) is 10.2 Å². The summed E-state index contributed by atoms with van der Waals surface area (Å²) in [5.74, 6) is 2.31. The molecule has 1 aliphatic carbocycles. The van der Waals surface area contributed by atoms with Crippen LogP contribution in [0.4, 0.5) is 0 Å². The van der Waals surface area contributed by atoms with Gasteiger partial charge >= 0.3 is 0 Å². The summed E-state index contributed by atoms with van der Waals surface area (Å²) >= 11 is 1.67. The number of hydrogen-bond donors (Lipinski definition) is 1. The van der Waals surface area contributed by atoms with Gasteiger partial charge in [-0.25, -0.2) is 0 Å². The van der Waals surface area contributed by atoms with E-state index < -0.39 is 0 Å². The van der Waals surface area contributed by atoms with E-state index in [2.05, 4.69) is 46.1 Å². The van der Waals surface area contributed by atoms with Gasteiger partial charge in [-0.1, -0.05) is 75.2 Å². The second-order valence-corrected chi connectivity index (χ2v) is 9.90. The van der Waals surface area contributed by atoms with Crippen LogP contribution in [0.5, 0.6) is 0 Å². The second-order valence-electron chi connectivity index (χ2n) is 8.96. The first-order valence-electron chi connectivity index (χ1n) is 11.6. The quantitative estimate of drug-likeness (QED) is 0.441. The van der Waals surface area contributed by atoms with Crippen LogP contribution in [-0.2, 0) is 12.2 Å². The highest BCUT2D eigenvalue weighted by Gasteiger charge is 2.17. The largest absolute Gasteiger partial charge is 0.349 e. The van der Waals surface area contributed by atoms with E-state index in [1.54, 1.807) is 11.8 Å². The van der Waals surface area contributed by atoms with Crippen LogP contribution in [0.25, 0.3) is 5.69 Å². The molecule has 1 N–H and O–H groups in total. The topological polar surface area (TPSA) is 59.8 Å². The minimum atomic E-state index is 0.0400. The number of carbonyl (C=O) groups excluding carboxylic acids is 1. The zero-order valence-corrected chi connectivity index (χ0v) is 19.8. The molecule has 6 heteroatoms. The Balaban J connectivity index is 1.42. The Morgan fingerprint density at radius 2 is 1.75 bits per heavy atom. The molecule has 0 radical (unpaired) electrons. The number of benzene rings is 2. The highest BCUT2D eigenvalue weighted by Crippen LogP contribution is 2.26. The lowest BCUT2D eigenvalue weighted by molar-refractivity contribution is 0.0927. The number of hydrogen-bond acceptors (Lipinski definition) is 4. The van der Waals surface area contributed by atoms with Crippen molar-refractivity contribution in [2.45, 2.75) is 69.3 Å². The second kappa shape index (κ2) is 10.8. The zero-order valence-electron chi connectivity index (χ0n) is 19.0. The van der Waals surface area contributed by atoms with Crippen LogP contribution in [-0.4, -0.2) is 26.7 Å². The van der Waals surface area contributed by atoms with E-state index >= 15 is 0 Å². The monoisotopic (exact) mass is 448 g/mol. The summed E-state index contributed by atoms with van der Waals surface area (Å²) in [4.78, 5) is 12.6. The number of rotatable bonds is 8. The van der Waals surface area contributed by atoms with E-state index in [1.165, 1.54) is 19.3 Å². The number of amides is 1. The molecule has 0 atom stereocenters. The van der Waals surface area contributed by atoms with Gasteiger partial charge in [0.05, 0.1) is 0 Å². The molecule has 0 aliphatic heterocycles. The van der Waals surface area contributed by atoms with Crippen molar-refractivity contribution >= 4 is 17.7 Å². The highest BCUT2D eigenvalue weighted by atomic mass is 32.2. The van der Waals surface area contributed by atoms with E-state index in [4.69, 9.17) is 0 Å². The summed E-state index contributed by atoms with van der Waals surface area (Å²) in [7, 11) is 0. The minimum absolute atomic E-state index is 0.0400. The number of nitrogens with one attached hydrogen (secondary N) is 1. The van der Waals surface area contributed by atoms with Gasteiger partial charge in [0, 0.05) is 29.5 Å². The lowest BCUT2D eigenvalue weighted by atomic mass is 9.95. The molecule has 1 heterocycles. The normalized spacial score (nSPS) is 14.6. The lowest BCUT2D eigenvalue weighted by Gasteiger charge is -2.22. The fourth-order valence-electron chi connectivity index (χ4n) is 4.14. The number of nitrogens with zero attached hydrogens (tertiary/aromatic N) is 3. The highest BCUT2D eigenvalue weighted by molar-refractivity contribution is 7.98. The number of thioether (sulfide) groups is 1. The van der Waals surface area contributed by atoms with Crippen molar-refractivity contribution in [1.82, 2.24) is 20.1 Å². The molecule has 1 aliphatic rings. The van der Waals surface area contributed by atoms with Crippen LogP contribution >= 0.6 is 11.8 Å². The van der Waals surface area contributed by atoms with Gasteiger partial charge in [-0.3, -0.25) is 9.36 Å². The Labute approximate surface area is 195 Å². The van der Waals surface area contributed by atoms with Crippen LogP contribution < -0.4 is 5.32 Å². The molecule has 0 saturated heterocycles. The summed E-state index contributed by atoms with van der Waals surface area (Å²) in [5.41, 5.74) is 2.98. The van der Waals surface area contributed by atoms with E-state index in [0.717, 1.165) is 52.8 Å². The molecule has 0 spiro atoms. The maximum atomic E-state index is 12.6. The third-order valence-electron chi connectivity index (χ3n) is 5.83. The maximum absolute atomic E-state index is 12.6. The molecular formula is C26H32N4OS. The Morgan fingerprint density at radius 1 is 1.03 bits per heavy atom. The summed E-state index contributed by atoms with van der Waals surface area (Å²) in [5, 5.41) is 13.0. The van der Waals surface area contributed by atoms with Gasteiger partial charge < -0.3 is 5.32 Å². The van der Waals surface area contributed by atoms with Crippen molar-refractivity contribution in [3.8, 4) is 5.69 Å². The van der Waals surface area contributed by atoms with E-state index in [0.29, 0.717) is 12.0 Å². The summed E-state index contributed by atoms with van der Waals surface area (Å²) in [6.45, 7) is 4.39. The molecule has 0 bridgehead atoms. The lowest BCUT2D eigenvalue weighted by Crippen LogP contribution is -2.36. The van der Waals surface area contributed by atoms with Crippen molar-refractivity contribution < 1.29 is 4.79 Å². The van der Waals surface area contributed by atoms with Crippen LogP contribution in [0.2, 0.25) is 0 Å². The zero-order chi connectivity index (χ0) is 22.3. The van der Waals surface area contributed by atoms with Crippen LogP contribution in [0, 0.1) is 5.92 Å². The maximum Gasteiger partial charge on any atom is 0.251 e. The predicted octanol–water partition coefficient (Wildman–Crippen LogP) is 5.82. The van der Waals surface area contributed by atoms with Gasteiger partial charge in [-0.2, -0.15) is 0 Å². The Morgan fingerprint density at radius 3 is 2.44 bits per heavy atom. The molecule has 1 saturated carbocycles. The molecule has 1 aromatic heterocycles. The molecule has 5 nitrogen and oxygen atoms in total.